The zero-order valence-electron chi connectivity index (χ0n) is 12.6. The topological polar surface area (TPSA) is 66.4 Å². The van der Waals surface area contributed by atoms with Gasteiger partial charge in [0.2, 0.25) is 0 Å². The fourth-order valence-corrected chi connectivity index (χ4v) is 2.68. The van der Waals surface area contributed by atoms with Crippen LogP contribution in [0.1, 0.15) is 42.6 Å². The van der Waals surface area contributed by atoms with Crippen LogP contribution in [0.5, 0.6) is 0 Å². The smallest absolute Gasteiger partial charge is 0.303 e. The van der Waals surface area contributed by atoms with Gasteiger partial charge in [-0.15, -0.1) is 0 Å². The maximum Gasteiger partial charge on any atom is 0.303 e. The normalized spacial score (nSPS) is 12.2. The number of carboxylic acid groups (broad SMARTS) is 1. The van der Waals surface area contributed by atoms with E-state index in [9.17, 15) is 9.59 Å². The molecule has 0 heterocycles. The summed E-state index contributed by atoms with van der Waals surface area (Å²) in [6.45, 7) is 6.36. The van der Waals surface area contributed by atoms with Gasteiger partial charge in [0, 0.05) is 23.0 Å². The van der Waals surface area contributed by atoms with Crippen LogP contribution in [0.25, 0.3) is 0 Å². The minimum atomic E-state index is -0.825. The number of hydrogen-bond acceptors (Lipinski definition) is 2. The van der Waals surface area contributed by atoms with Crippen LogP contribution in [0.4, 0.5) is 0 Å². The number of carboxylic acids is 1. The molecular weight excluding hydrogens is 334 g/mol. The monoisotopic (exact) mass is 355 g/mol. The van der Waals surface area contributed by atoms with E-state index in [1.807, 2.05) is 19.1 Å². The predicted molar refractivity (Wildman–Crippen MR) is 86.4 cm³/mol. The molecule has 1 unspecified atom stereocenters. The van der Waals surface area contributed by atoms with Crippen molar-refractivity contribution in [1.82, 2.24) is 5.32 Å². The van der Waals surface area contributed by atoms with Crippen molar-refractivity contribution in [1.29, 1.82) is 0 Å². The van der Waals surface area contributed by atoms with Gasteiger partial charge in [0.1, 0.15) is 0 Å². The zero-order chi connectivity index (χ0) is 16.0. The summed E-state index contributed by atoms with van der Waals surface area (Å²) in [5.41, 5.74) is 1.51. The molecule has 0 saturated heterocycles. The molecule has 1 aromatic rings. The Labute approximate surface area is 134 Å². The molecule has 0 aromatic heterocycles. The first kappa shape index (κ1) is 17.7. The zero-order valence-corrected chi connectivity index (χ0v) is 14.2. The molecule has 0 fully saturated rings. The van der Waals surface area contributed by atoms with E-state index in [4.69, 9.17) is 5.11 Å². The molecule has 0 bridgehead atoms. The number of benzene rings is 1. The summed E-state index contributed by atoms with van der Waals surface area (Å²) < 4.78 is 0.850. The number of hydrogen-bond donors (Lipinski definition) is 2. The highest BCUT2D eigenvalue weighted by Gasteiger charge is 2.17. The van der Waals surface area contributed by atoms with E-state index in [0.717, 1.165) is 16.5 Å². The molecular formula is C16H22BrNO3. The van der Waals surface area contributed by atoms with Crippen molar-refractivity contribution < 1.29 is 14.7 Å². The standard InChI is InChI=1S/C16H22BrNO3/c1-10(2)6-12(7-15(19)20)9-18-16(21)14-8-13(17)5-4-11(14)3/h4-5,8,10,12H,6-7,9H2,1-3H3,(H,18,21)(H,19,20). The average Bonchev–Trinajstić information content (AvgIpc) is 2.37. The van der Waals surface area contributed by atoms with Crippen molar-refractivity contribution >= 4 is 27.8 Å². The molecule has 1 aromatic carbocycles. The second-order valence-corrected chi connectivity index (χ2v) is 6.68. The number of aliphatic carboxylic acids is 1. The van der Waals surface area contributed by atoms with Crippen LogP contribution in [0.15, 0.2) is 22.7 Å². The number of carbonyl (C=O) groups excluding carboxylic acids is 1. The fourth-order valence-electron chi connectivity index (χ4n) is 2.32. The number of nitrogens with one attached hydrogen (secondary N) is 1. The van der Waals surface area contributed by atoms with Gasteiger partial charge in [-0.3, -0.25) is 9.59 Å². The molecule has 1 rings (SSSR count). The summed E-state index contributed by atoms with van der Waals surface area (Å²) in [7, 11) is 0. The lowest BCUT2D eigenvalue weighted by molar-refractivity contribution is -0.138. The second-order valence-electron chi connectivity index (χ2n) is 5.76. The van der Waals surface area contributed by atoms with E-state index in [2.05, 4.69) is 35.1 Å². The van der Waals surface area contributed by atoms with E-state index in [1.54, 1.807) is 6.07 Å². The maximum atomic E-state index is 12.2. The molecule has 4 nitrogen and oxygen atoms in total. The molecule has 116 valence electrons. The third kappa shape index (κ3) is 6.29. The lowest BCUT2D eigenvalue weighted by Gasteiger charge is -2.18. The second kappa shape index (κ2) is 8.17. The van der Waals surface area contributed by atoms with Gasteiger partial charge in [0.25, 0.3) is 5.91 Å². The molecule has 0 saturated carbocycles. The van der Waals surface area contributed by atoms with Gasteiger partial charge < -0.3 is 10.4 Å². The lowest BCUT2D eigenvalue weighted by Crippen LogP contribution is -2.31. The largest absolute Gasteiger partial charge is 0.481 e. The quantitative estimate of drug-likeness (QED) is 0.784. The molecule has 1 amide bonds. The van der Waals surface area contributed by atoms with Crippen LogP contribution in [0, 0.1) is 18.8 Å². The Morgan fingerprint density at radius 2 is 2.00 bits per heavy atom. The first-order chi connectivity index (χ1) is 9.79. The minimum Gasteiger partial charge on any atom is -0.481 e. The molecule has 0 radical (unpaired) electrons. The lowest BCUT2D eigenvalue weighted by atomic mass is 9.94. The Morgan fingerprint density at radius 1 is 1.33 bits per heavy atom. The molecule has 1 atom stereocenters. The van der Waals surface area contributed by atoms with Crippen LogP contribution in [0.2, 0.25) is 0 Å². The highest BCUT2D eigenvalue weighted by Crippen LogP contribution is 2.17. The Hall–Kier alpha value is -1.36. The van der Waals surface area contributed by atoms with Crippen molar-refractivity contribution in [3.05, 3.63) is 33.8 Å². The average molecular weight is 356 g/mol. The number of aryl methyl sites for hydroxylation is 1. The summed E-state index contributed by atoms with van der Waals surface area (Å²) in [5, 5.41) is 11.8. The van der Waals surface area contributed by atoms with Gasteiger partial charge in [-0.2, -0.15) is 0 Å². The predicted octanol–water partition coefficient (Wildman–Crippen LogP) is 3.62. The van der Waals surface area contributed by atoms with Crippen LogP contribution in [-0.2, 0) is 4.79 Å². The van der Waals surface area contributed by atoms with E-state index in [0.29, 0.717) is 18.0 Å². The number of rotatable bonds is 7. The third-order valence-corrected chi connectivity index (χ3v) is 3.76. The van der Waals surface area contributed by atoms with Gasteiger partial charge in [-0.25, -0.2) is 0 Å². The maximum absolute atomic E-state index is 12.2. The molecule has 0 spiro atoms. The van der Waals surface area contributed by atoms with Gasteiger partial charge in [-0.1, -0.05) is 35.8 Å². The van der Waals surface area contributed by atoms with Crippen LogP contribution in [0.3, 0.4) is 0 Å². The van der Waals surface area contributed by atoms with Gasteiger partial charge in [0.05, 0.1) is 0 Å². The summed E-state index contributed by atoms with van der Waals surface area (Å²) in [4.78, 5) is 23.1. The number of carbonyl (C=O) groups is 2. The minimum absolute atomic E-state index is 0.0427. The van der Waals surface area contributed by atoms with Gasteiger partial charge >= 0.3 is 5.97 Å². The highest BCUT2D eigenvalue weighted by atomic mass is 79.9. The van der Waals surface area contributed by atoms with E-state index >= 15 is 0 Å². The summed E-state index contributed by atoms with van der Waals surface area (Å²) in [5.74, 6) is -0.626. The van der Waals surface area contributed by atoms with Crippen molar-refractivity contribution in [3.63, 3.8) is 0 Å². The summed E-state index contributed by atoms with van der Waals surface area (Å²) in [6, 6.07) is 5.54. The summed E-state index contributed by atoms with van der Waals surface area (Å²) in [6.07, 6.45) is 0.861. The SMILES string of the molecule is Cc1ccc(Br)cc1C(=O)NCC(CC(=O)O)CC(C)C. The first-order valence-electron chi connectivity index (χ1n) is 7.05. The fraction of sp³-hybridized carbons (Fsp3) is 0.500. The van der Waals surface area contributed by atoms with Gasteiger partial charge in [-0.05, 0) is 42.9 Å². The molecule has 2 N–H and O–H groups in total. The molecule has 5 heteroatoms. The van der Waals surface area contributed by atoms with Crippen molar-refractivity contribution in [2.24, 2.45) is 11.8 Å². The Balaban J connectivity index is 2.68. The molecule has 0 aliphatic rings. The van der Waals surface area contributed by atoms with Crippen LogP contribution >= 0.6 is 15.9 Å². The van der Waals surface area contributed by atoms with Crippen molar-refractivity contribution in [2.45, 2.75) is 33.6 Å². The third-order valence-electron chi connectivity index (χ3n) is 3.26. The molecule has 0 aliphatic heterocycles. The van der Waals surface area contributed by atoms with E-state index in [1.165, 1.54) is 0 Å². The number of amides is 1. The van der Waals surface area contributed by atoms with Crippen LogP contribution in [-0.4, -0.2) is 23.5 Å². The van der Waals surface area contributed by atoms with Crippen molar-refractivity contribution in [2.75, 3.05) is 6.54 Å². The number of halogens is 1. The Kier molecular flexibility index (Phi) is 6.89. The van der Waals surface area contributed by atoms with Gasteiger partial charge in [0.15, 0.2) is 0 Å². The first-order valence-corrected chi connectivity index (χ1v) is 7.85. The van der Waals surface area contributed by atoms with Crippen LogP contribution < -0.4 is 5.32 Å². The Morgan fingerprint density at radius 3 is 2.57 bits per heavy atom. The van der Waals surface area contributed by atoms with E-state index < -0.39 is 5.97 Å². The summed E-state index contributed by atoms with van der Waals surface area (Å²) >= 11 is 3.35. The van der Waals surface area contributed by atoms with Crippen molar-refractivity contribution in [3.8, 4) is 0 Å². The Bertz CT molecular complexity index is 514. The molecule has 21 heavy (non-hydrogen) atoms. The molecule has 0 aliphatic carbocycles. The highest BCUT2D eigenvalue weighted by molar-refractivity contribution is 9.10. The van der Waals surface area contributed by atoms with E-state index in [-0.39, 0.29) is 18.2 Å².